The number of carbonyl (C=O) groups is 1. The first-order valence-corrected chi connectivity index (χ1v) is 8.60. The van der Waals surface area contributed by atoms with Gasteiger partial charge in [0, 0.05) is 12.3 Å². The second kappa shape index (κ2) is 6.36. The van der Waals surface area contributed by atoms with Crippen LogP contribution in [0.4, 0.5) is 4.39 Å². The van der Waals surface area contributed by atoms with E-state index in [9.17, 15) is 4.79 Å². The maximum Gasteiger partial charge on any atom is 0.175 e. The van der Waals surface area contributed by atoms with Gasteiger partial charge in [-0.2, -0.15) is 0 Å². The highest BCUT2D eigenvalue weighted by molar-refractivity contribution is 5.88. The fourth-order valence-corrected chi connectivity index (χ4v) is 4.05. The van der Waals surface area contributed by atoms with Gasteiger partial charge in [-0.05, 0) is 43.6 Å². The van der Waals surface area contributed by atoms with E-state index in [0.717, 1.165) is 32.1 Å². The average molecular weight is 300 g/mol. The van der Waals surface area contributed by atoms with Crippen molar-refractivity contribution in [3.05, 3.63) is 47.5 Å². The lowest BCUT2D eigenvalue weighted by atomic mass is 9.81. The number of unbranched alkanes of at least 4 members (excludes halogenated alkanes) is 1. The summed E-state index contributed by atoms with van der Waals surface area (Å²) >= 11 is 0. The number of halogens is 1. The summed E-state index contributed by atoms with van der Waals surface area (Å²) in [6.07, 6.45) is 7.55. The van der Waals surface area contributed by atoms with E-state index < -0.39 is 5.67 Å². The number of hydrogen-bond acceptors (Lipinski definition) is 1. The standard InChI is InChI=1S/C20H25FO/c1-2-3-9-19(22)20(21)14-17-13-18(20)12-16(17)11-10-15-7-5-4-6-8-15/h4-8,12,17-18H,2-3,9-11,13-14H2,1H3/t17-,18+,20?/m0/s1. The van der Waals surface area contributed by atoms with E-state index in [1.807, 2.05) is 13.0 Å². The van der Waals surface area contributed by atoms with Gasteiger partial charge < -0.3 is 0 Å². The van der Waals surface area contributed by atoms with Crippen molar-refractivity contribution in [1.82, 2.24) is 0 Å². The highest BCUT2D eigenvalue weighted by atomic mass is 19.1. The van der Waals surface area contributed by atoms with Crippen molar-refractivity contribution in [2.45, 2.75) is 57.5 Å². The number of rotatable bonds is 7. The van der Waals surface area contributed by atoms with Gasteiger partial charge in [0.25, 0.3) is 0 Å². The van der Waals surface area contributed by atoms with E-state index in [4.69, 9.17) is 0 Å². The van der Waals surface area contributed by atoms with Crippen LogP contribution >= 0.6 is 0 Å². The minimum Gasteiger partial charge on any atom is -0.296 e. The summed E-state index contributed by atoms with van der Waals surface area (Å²) < 4.78 is 15.1. The fourth-order valence-electron chi connectivity index (χ4n) is 4.05. The number of ketones is 1. The molecule has 0 spiro atoms. The molecule has 0 aromatic heterocycles. The van der Waals surface area contributed by atoms with Crippen molar-refractivity contribution in [3.8, 4) is 0 Å². The number of benzene rings is 1. The Hall–Kier alpha value is -1.44. The normalized spacial score (nSPS) is 29.6. The lowest BCUT2D eigenvalue weighted by molar-refractivity contribution is -0.132. The molecule has 0 aliphatic heterocycles. The molecule has 1 aromatic carbocycles. The first-order chi connectivity index (χ1) is 10.6. The topological polar surface area (TPSA) is 17.1 Å². The first-order valence-electron chi connectivity index (χ1n) is 8.60. The number of carbonyl (C=O) groups excluding carboxylic acids is 1. The fraction of sp³-hybridized carbons (Fsp3) is 0.550. The summed E-state index contributed by atoms with van der Waals surface area (Å²) in [5.41, 5.74) is 1.15. The summed E-state index contributed by atoms with van der Waals surface area (Å²) in [6, 6.07) is 10.4. The molecule has 1 aromatic rings. The molecule has 2 aliphatic carbocycles. The van der Waals surface area contributed by atoms with Crippen molar-refractivity contribution in [3.63, 3.8) is 0 Å². The maximum atomic E-state index is 15.1. The summed E-state index contributed by atoms with van der Waals surface area (Å²) in [4.78, 5) is 12.2. The summed E-state index contributed by atoms with van der Waals surface area (Å²) in [7, 11) is 0. The molecule has 0 saturated heterocycles. The Morgan fingerprint density at radius 1 is 1.27 bits per heavy atom. The molecule has 0 radical (unpaired) electrons. The summed E-state index contributed by atoms with van der Waals surface area (Å²) in [5, 5.41) is 0. The first kappa shape index (κ1) is 15.5. The number of allylic oxidation sites excluding steroid dienone is 2. The number of alkyl halides is 1. The van der Waals surface area contributed by atoms with Crippen LogP contribution in [0.3, 0.4) is 0 Å². The molecule has 3 atom stereocenters. The minimum atomic E-state index is -1.56. The van der Waals surface area contributed by atoms with E-state index in [1.165, 1.54) is 11.1 Å². The third kappa shape index (κ3) is 2.88. The quantitative estimate of drug-likeness (QED) is 0.644. The van der Waals surface area contributed by atoms with Crippen molar-refractivity contribution < 1.29 is 9.18 Å². The van der Waals surface area contributed by atoms with Gasteiger partial charge in [-0.15, -0.1) is 0 Å². The van der Waals surface area contributed by atoms with Gasteiger partial charge in [-0.25, -0.2) is 4.39 Å². The lowest BCUT2D eigenvalue weighted by Gasteiger charge is -2.27. The Kier molecular flexibility index (Phi) is 4.46. The molecule has 0 amide bonds. The molecule has 118 valence electrons. The maximum absolute atomic E-state index is 15.1. The largest absolute Gasteiger partial charge is 0.296 e. The van der Waals surface area contributed by atoms with Gasteiger partial charge in [0.1, 0.15) is 0 Å². The Bertz CT molecular complexity index is 562. The molecule has 22 heavy (non-hydrogen) atoms. The summed E-state index contributed by atoms with van der Waals surface area (Å²) in [6.45, 7) is 2.04. The number of hydrogen-bond donors (Lipinski definition) is 0. The van der Waals surface area contributed by atoms with Crippen LogP contribution in [0, 0.1) is 11.8 Å². The third-order valence-corrected chi connectivity index (χ3v) is 5.38. The molecule has 1 nitrogen and oxygen atoms in total. The smallest absolute Gasteiger partial charge is 0.175 e. The van der Waals surface area contributed by atoms with Gasteiger partial charge in [-0.3, -0.25) is 4.79 Å². The monoisotopic (exact) mass is 300 g/mol. The van der Waals surface area contributed by atoms with E-state index in [2.05, 4.69) is 30.3 Å². The average Bonchev–Trinajstić information content (AvgIpc) is 3.09. The van der Waals surface area contributed by atoms with E-state index in [1.54, 1.807) is 0 Å². The molecule has 0 heterocycles. The molecule has 1 unspecified atom stereocenters. The number of aryl methyl sites for hydroxylation is 1. The predicted molar refractivity (Wildman–Crippen MR) is 87.4 cm³/mol. The predicted octanol–water partition coefficient (Wildman–Crippen LogP) is 5.05. The third-order valence-electron chi connectivity index (χ3n) is 5.38. The second-order valence-corrected chi connectivity index (χ2v) is 6.86. The van der Waals surface area contributed by atoms with Gasteiger partial charge in [-0.1, -0.05) is 55.3 Å². The summed E-state index contributed by atoms with van der Waals surface area (Å²) in [5.74, 6) is -0.0165. The van der Waals surface area contributed by atoms with Crippen LogP contribution in [-0.4, -0.2) is 11.5 Å². The highest BCUT2D eigenvalue weighted by Crippen LogP contribution is 2.53. The van der Waals surface area contributed by atoms with Crippen molar-refractivity contribution in [2.75, 3.05) is 0 Å². The molecular formula is C20H25FO. The van der Waals surface area contributed by atoms with Crippen LogP contribution in [-0.2, 0) is 11.2 Å². The highest BCUT2D eigenvalue weighted by Gasteiger charge is 2.55. The molecule has 1 saturated carbocycles. The van der Waals surface area contributed by atoms with Gasteiger partial charge in [0.15, 0.2) is 11.5 Å². The molecule has 2 heteroatoms. The molecular weight excluding hydrogens is 275 g/mol. The Labute approximate surface area is 132 Å². The number of fused-ring (bicyclic) bond motifs is 2. The zero-order chi connectivity index (χ0) is 15.6. The zero-order valence-electron chi connectivity index (χ0n) is 13.4. The van der Waals surface area contributed by atoms with Gasteiger partial charge in [0.05, 0.1) is 0 Å². The molecule has 2 aliphatic rings. The minimum absolute atomic E-state index is 0.153. The van der Waals surface area contributed by atoms with Crippen LogP contribution in [0.5, 0.6) is 0 Å². The van der Waals surface area contributed by atoms with E-state index >= 15 is 4.39 Å². The van der Waals surface area contributed by atoms with Crippen LogP contribution in [0.1, 0.15) is 51.0 Å². The van der Waals surface area contributed by atoms with E-state index in [-0.39, 0.29) is 11.7 Å². The zero-order valence-corrected chi connectivity index (χ0v) is 13.4. The van der Waals surface area contributed by atoms with Crippen molar-refractivity contribution in [2.24, 2.45) is 11.8 Å². The molecule has 2 bridgehead atoms. The van der Waals surface area contributed by atoms with Gasteiger partial charge in [0.2, 0.25) is 0 Å². The Morgan fingerprint density at radius 3 is 2.68 bits per heavy atom. The molecule has 0 N–H and O–H groups in total. The lowest BCUT2D eigenvalue weighted by Crippen LogP contribution is -2.38. The van der Waals surface area contributed by atoms with E-state index in [0.29, 0.717) is 18.8 Å². The molecule has 1 fully saturated rings. The van der Waals surface area contributed by atoms with Crippen LogP contribution < -0.4 is 0 Å². The van der Waals surface area contributed by atoms with Crippen LogP contribution in [0.15, 0.2) is 42.0 Å². The Balaban J connectivity index is 1.61. The second-order valence-electron chi connectivity index (χ2n) is 6.86. The van der Waals surface area contributed by atoms with Crippen LogP contribution in [0.2, 0.25) is 0 Å². The number of Topliss-reactive ketones (excluding diaryl/α,β-unsaturated/α-hetero) is 1. The van der Waals surface area contributed by atoms with Crippen molar-refractivity contribution >= 4 is 5.78 Å². The SMILES string of the molecule is CCCCC(=O)C1(F)C[C@@H]2C[C@H]1C=C2CCc1ccccc1. The van der Waals surface area contributed by atoms with Crippen molar-refractivity contribution in [1.29, 1.82) is 0 Å². The van der Waals surface area contributed by atoms with Gasteiger partial charge >= 0.3 is 0 Å². The Morgan fingerprint density at radius 2 is 2.05 bits per heavy atom. The van der Waals surface area contributed by atoms with Crippen LogP contribution in [0.25, 0.3) is 0 Å². The molecule has 3 rings (SSSR count).